The fourth-order valence-corrected chi connectivity index (χ4v) is 2.21. The number of nitriles is 1. The Labute approximate surface area is 102 Å². The van der Waals surface area contributed by atoms with Gasteiger partial charge in [-0.3, -0.25) is 0 Å². The highest BCUT2D eigenvalue weighted by Gasteiger charge is 2.15. The molecule has 0 spiro atoms. The Balaban J connectivity index is 2.65. The lowest BCUT2D eigenvalue weighted by Crippen LogP contribution is -1.97. The minimum atomic E-state index is -0.397. The molecule has 0 fully saturated rings. The number of benzene rings is 1. The number of aryl methyl sites for hydroxylation is 2. The maximum atomic E-state index is 11.5. The highest BCUT2D eigenvalue weighted by Crippen LogP contribution is 2.32. The molecule has 2 aromatic heterocycles. The van der Waals surface area contributed by atoms with E-state index >= 15 is 0 Å². The second-order valence-corrected chi connectivity index (χ2v) is 4.23. The Kier molecular flexibility index (Phi) is 2.05. The first-order chi connectivity index (χ1) is 8.61. The van der Waals surface area contributed by atoms with Crippen molar-refractivity contribution in [3.05, 3.63) is 45.5 Å². The maximum absolute atomic E-state index is 11.5. The van der Waals surface area contributed by atoms with Crippen molar-refractivity contribution in [1.82, 2.24) is 0 Å². The van der Waals surface area contributed by atoms with Gasteiger partial charge in [0.1, 0.15) is 17.2 Å². The van der Waals surface area contributed by atoms with E-state index in [9.17, 15) is 4.79 Å². The highest BCUT2D eigenvalue weighted by atomic mass is 16.4. The second-order valence-electron chi connectivity index (χ2n) is 4.23. The van der Waals surface area contributed by atoms with E-state index in [-0.39, 0.29) is 5.76 Å². The van der Waals surface area contributed by atoms with Crippen molar-refractivity contribution in [2.75, 3.05) is 0 Å². The molecule has 1 aromatic carbocycles. The van der Waals surface area contributed by atoms with Gasteiger partial charge < -0.3 is 8.83 Å². The SMILES string of the molecule is Cc1cc(=O)oc2c1ccc1oc(C#N)c(C)c12. The van der Waals surface area contributed by atoms with Crippen LogP contribution in [0.25, 0.3) is 21.9 Å². The summed E-state index contributed by atoms with van der Waals surface area (Å²) >= 11 is 0. The van der Waals surface area contributed by atoms with E-state index in [0.29, 0.717) is 22.1 Å². The van der Waals surface area contributed by atoms with Crippen LogP contribution in [0.4, 0.5) is 0 Å². The molecule has 4 nitrogen and oxygen atoms in total. The molecule has 0 aliphatic heterocycles. The second kappa shape index (κ2) is 3.47. The van der Waals surface area contributed by atoms with Crippen molar-refractivity contribution in [3.63, 3.8) is 0 Å². The minimum absolute atomic E-state index is 0.252. The molecule has 0 N–H and O–H groups in total. The van der Waals surface area contributed by atoms with E-state index in [2.05, 4.69) is 0 Å². The van der Waals surface area contributed by atoms with E-state index in [4.69, 9.17) is 14.1 Å². The molecule has 18 heavy (non-hydrogen) atoms. The molecule has 3 rings (SSSR count). The molecule has 0 saturated heterocycles. The minimum Gasteiger partial charge on any atom is -0.445 e. The van der Waals surface area contributed by atoms with Gasteiger partial charge in [-0.25, -0.2) is 4.79 Å². The normalized spacial score (nSPS) is 10.9. The van der Waals surface area contributed by atoms with Gasteiger partial charge in [-0.15, -0.1) is 0 Å². The number of hydrogen-bond acceptors (Lipinski definition) is 4. The molecule has 0 aliphatic carbocycles. The van der Waals surface area contributed by atoms with Crippen LogP contribution in [0, 0.1) is 25.2 Å². The first-order valence-electron chi connectivity index (χ1n) is 5.48. The van der Waals surface area contributed by atoms with Gasteiger partial charge in [-0.2, -0.15) is 5.26 Å². The van der Waals surface area contributed by atoms with Crippen molar-refractivity contribution < 1.29 is 8.83 Å². The zero-order chi connectivity index (χ0) is 12.9. The van der Waals surface area contributed by atoms with Crippen LogP contribution in [-0.4, -0.2) is 0 Å². The van der Waals surface area contributed by atoms with Crippen LogP contribution in [0.2, 0.25) is 0 Å². The lowest BCUT2D eigenvalue weighted by Gasteiger charge is -2.01. The summed E-state index contributed by atoms with van der Waals surface area (Å²) in [6.45, 7) is 3.64. The first-order valence-corrected chi connectivity index (χ1v) is 5.48. The molecule has 0 aliphatic rings. The average Bonchev–Trinajstić information content (AvgIpc) is 2.66. The van der Waals surface area contributed by atoms with E-state index < -0.39 is 5.63 Å². The lowest BCUT2D eigenvalue weighted by atomic mass is 10.1. The number of furan rings is 1. The Morgan fingerprint density at radius 2 is 2.00 bits per heavy atom. The average molecular weight is 239 g/mol. The van der Waals surface area contributed by atoms with Gasteiger partial charge in [0, 0.05) is 17.0 Å². The van der Waals surface area contributed by atoms with Crippen LogP contribution < -0.4 is 5.63 Å². The zero-order valence-electron chi connectivity index (χ0n) is 9.90. The van der Waals surface area contributed by atoms with Gasteiger partial charge in [0.15, 0.2) is 0 Å². The van der Waals surface area contributed by atoms with E-state index in [1.807, 2.05) is 19.1 Å². The van der Waals surface area contributed by atoms with Gasteiger partial charge >= 0.3 is 5.63 Å². The van der Waals surface area contributed by atoms with Crippen LogP contribution >= 0.6 is 0 Å². The molecule has 0 amide bonds. The van der Waals surface area contributed by atoms with Crippen molar-refractivity contribution in [2.24, 2.45) is 0 Å². The summed E-state index contributed by atoms with van der Waals surface area (Å²) in [6.07, 6.45) is 0. The molecule has 2 heterocycles. The van der Waals surface area contributed by atoms with Gasteiger partial charge in [-0.1, -0.05) is 0 Å². The largest absolute Gasteiger partial charge is 0.445 e. The predicted molar refractivity (Wildman–Crippen MR) is 66.4 cm³/mol. The smallest absolute Gasteiger partial charge is 0.336 e. The van der Waals surface area contributed by atoms with Gasteiger partial charge in [0.2, 0.25) is 5.76 Å². The van der Waals surface area contributed by atoms with Crippen LogP contribution in [-0.2, 0) is 0 Å². The molecule has 0 radical (unpaired) electrons. The monoisotopic (exact) mass is 239 g/mol. The summed E-state index contributed by atoms with van der Waals surface area (Å²) in [4.78, 5) is 11.5. The molecule has 0 saturated carbocycles. The third-order valence-corrected chi connectivity index (χ3v) is 3.11. The fourth-order valence-electron chi connectivity index (χ4n) is 2.21. The van der Waals surface area contributed by atoms with Gasteiger partial charge in [-0.05, 0) is 31.5 Å². The van der Waals surface area contributed by atoms with Crippen molar-refractivity contribution in [2.45, 2.75) is 13.8 Å². The predicted octanol–water partition coefficient (Wildman–Crippen LogP) is 3.03. The Morgan fingerprint density at radius 1 is 1.22 bits per heavy atom. The molecule has 88 valence electrons. The number of hydrogen-bond donors (Lipinski definition) is 0. The summed E-state index contributed by atoms with van der Waals surface area (Å²) in [5.41, 5.74) is 2.20. The van der Waals surface area contributed by atoms with Crippen molar-refractivity contribution >= 4 is 21.9 Å². The van der Waals surface area contributed by atoms with Gasteiger partial charge in [0.05, 0.1) is 5.39 Å². The standard InChI is InChI=1S/C14H9NO3/c1-7-5-12(16)18-14-9(7)3-4-10-13(14)8(2)11(6-15)17-10/h3-5H,1-2H3. The molecule has 0 unspecified atom stereocenters. The number of rotatable bonds is 0. The molecular formula is C14H9NO3. The molecule has 0 bridgehead atoms. The molecule has 3 aromatic rings. The van der Waals surface area contributed by atoms with Gasteiger partial charge in [0.25, 0.3) is 0 Å². The summed E-state index contributed by atoms with van der Waals surface area (Å²) < 4.78 is 10.7. The van der Waals surface area contributed by atoms with E-state index in [0.717, 1.165) is 10.9 Å². The first kappa shape index (κ1) is 10.6. The Morgan fingerprint density at radius 3 is 2.72 bits per heavy atom. The summed E-state index contributed by atoms with van der Waals surface area (Å²) in [5.74, 6) is 0.252. The Bertz CT molecular complexity index is 878. The molecular weight excluding hydrogens is 230 g/mol. The van der Waals surface area contributed by atoms with E-state index in [1.165, 1.54) is 6.07 Å². The fraction of sp³-hybridized carbons (Fsp3) is 0.143. The van der Waals surface area contributed by atoms with Crippen LogP contribution in [0.5, 0.6) is 0 Å². The topological polar surface area (TPSA) is 67.1 Å². The molecule has 4 heteroatoms. The maximum Gasteiger partial charge on any atom is 0.336 e. The molecule has 0 atom stereocenters. The van der Waals surface area contributed by atoms with Crippen LogP contribution in [0.1, 0.15) is 16.9 Å². The number of nitrogens with zero attached hydrogens (tertiary/aromatic N) is 1. The highest BCUT2D eigenvalue weighted by molar-refractivity contribution is 6.05. The van der Waals surface area contributed by atoms with E-state index in [1.54, 1.807) is 13.0 Å². The zero-order valence-corrected chi connectivity index (χ0v) is 9.90. The Hall–Kier alpha value is -2.54. The summed E-state index contributed by atoms with van der Waals surface area (Å²) in [5, 5.41) is 10.5. The lowest BCUT2D eigenvalue weighted by molar-refractivity contribution is 0.562. The van der Waals surface area contributed by atoms with Crippen LogP contribution in [0.3, 0.4) is 0 Å². The third kappa shape index (κ3) is 1.28. The number of fused-ring (bicyclic) bond motifs is 3. The van der Waals surface area contributed by atoms with Crippen molar-refractivity contribution in [3.8, 4) is 6.07 Å². The summed E-state index contributed by atoms with van der Waals surface area (Å²) in [7, 11) is 0. The summed E-state index contributed by atoms with van der Waals surface area (Å²) in [6, 6.07) is 7.07. The quantitative estimate of drug-likeness (QED) is 0.565. The third-order valence-electron chi connectivity index (χ3n) is 3.11. The van der Waals surface area contributed by atoms with Crippen LogP contribution in [0.15, 0.2) is 31.8 Å². The van der Waals surface area contributed by atoms with Crippen molar-refractivity contribution in [1.29, 1.82) is 5.26 Å².